The van der Waals surface area contributed by atoms with E-state index in [1.54, 1.807) is 32.5 Å². The standard InChI is InChI=1S/C21H20N2O3/c1-14-6-4-5-7-17(14)21(24)23-20-11-8-15(13-22-20)18-10-9-16(25-2)12-19(18)26-3/h4-13H,1-3H3,(H,22,23,24). The van der Waals surface area contributed by atoms with E-state index in [2.05, 4.69) is 10.3 Å². The van der Waals surface area contributed by atoms with E-state index in [-0.39, 0.29) is 5.91 Å². The second-order valence-corrected chi connectivity index (χ2v) is 5.77. The van der Waals surface area contributed by atoms with Crippen LogP contribution >= 0.6 is 0 Å². The van der Waals surface area contributed by atoms with Crippen LogP contribution in [0.5, 0.6) is 11.5 Å². The summed E-state index contributed by atoms with van der Waals surface area (Å²) in [5.74, 6) is 1.74. The third-order valence-corrected chi connectivity index (χ3v) is 4.11. The average molecular weight is 348 g/mol. The minimum absolute atomic E-state index is 0.176. The summed E-state index contributed by atoms with van der Waals surface area (Å²) < 4.78 is 10.6. The van der Waals surface area contributed by atoms with Crippen LogP contribution in [-0.4, -0.2) is 25.1 Å². The van der Waals surface area contributed by atoms with Gasteiger partial charge >= 0.3 is 0 Å². The first-order chi connectivity index (χ1) is 12.6. The monoisotopic (exact) mass is 348 g/mol. The molecule has 0 aliphatic rings. The molecule has 5 nitrogen and oxygen atoms in total. The molecule has 3 aromatic rings. The van der Waals surface area contributed by atoms with Crippen molar-refractivity contribution in [2.45, 2.75) is 6.92 Å². The quantitative estimate of drug-likeness (QED) is 0.746. The molecule has 0 saturated heterocycles. The van der Waals surface area contributed by atoms with Crippen LogP contribution in [-0.2, 0) is 0 Å². The summed E-state index contributed by atoms with van der Waals surface area (Å²) in [6.07, 6.45) is 1.71. The Morgan fingerprint density at radius 2 is 1.81 bits per heavy atom. The zero-order valence-electron chi connectivity index (χ0n) is 14.9. The van der Waals surface area contributed by atoms with Crippen LogP contribution in [0.3, 0.4) is 0 Å². The van der Waals surface area contributed by atoms with Gasteiger partial charge < -0.3 is 14.8 Å². The number of ether oxygens (including phenoxy) is 2. The fourth-order valence-electron chi connectivity index (χ4n) is 2.68. The number of hydrogen-bond donors (Lipinski definition) is 1. The van der Waals surface area contributed by atoms with Gasteiger partial charge in [0.1, 0.15) is 17.3 Å². The average Bonchev–Trinajstić information content (AvgIpc) is 2.68. The molecule has 1 heterocycles. The van der Waals surface area contributed by atoms with Gasteiger partial charge in [-0.3, -0.25) is 4.79 Å². The van der Waals surface area contributed by atoms with E-state index >= 15 is 0 Å². The van der Waals surface area contributed by atoms with Gasteiger partial charge in [-0.1, -0.05) is 18.2 Å². The number of rotatable bonds is 5. The lowest BCUT2D eigenvalue weighted by Gasteiger charge is -2.11. The number of methoxy groups -OCH3 is 2. The predicted octanol–water partition coefficient (Wildman–Crippen LogP) is 4.33. The molecule has 2 aromatic carbocycles. The van der Waals surface area contributed by atoms with Gasteiger partial charge in [0.05, 0.1) is 14.2 Å². The lowest BCUT2D eigenvalue weighted by Crippen LogP contribution is -2.14. The third kappa shape index (κ3) is 3.67. The normalized spacial score (nSPS) is 10.3. The fraction of sp³-hybridized carbons (Fsp3) is 0.143. The Labute approximate surface area is 152 Å². The summed E-state index contributed by atoms with van der Waals surface area (Å²) in [5, 5.41) is 2.82. The SMILES string of the molecule is COc1ccc(-c2ccc(NC(=O)c3ccccc3C)nc2)c(OC)c1. The van der Waals surface area contributed by atoms with E-state index in [1.165, 1.54) is 0 Å². The molecule has 0 aliphatic heterocycles. The molecule has 3 rings (SSSR count). The smallest absolute Gasteiger partial charge is 0.257 e. The minimum atomic E-state index is -0.176. The van der Waals surface area contributed by atoms with E-state index < -0.39 is 0 Å². The van der Waals surface area contributed by atoms with E-state index in [4.69, 9.17) is 9.47 Å². The highest BCUT2D eigenvalue weighted by atomic mass is 16.5. The van der Waals surface area contributed by atoms with Crippen molar-refractivity contribution in [2.24, 2.45) is 0 Å². The first kappa shape index (κ1) is 17.5. The van der Waals surface area contributed by atoms with Crippen LogP contribution in [0.15, 0.2) is 60.8 Å². The van der Waals surface area contributed by atoms with Crippen molar-refractivity contribution in [1.82, 2.24) is 4.98 Å². The van der Waals surface area contributed by atoms with E-state index in [0.29, 0.717) is 17.1 Å². The number of aromatic nitrogens is 1. The van der Waals surface area contributed by atoms with Crippen molar-refractivity contribution >= 4 is 11.7 Å². The largest absolute Gasteiger partial charge is 0.497 e. The Bertz CT molecular complexity index is 921. The molecule has 0 spiro atoms. The summed E-state index contributed by atoms with van der Waals surface area (Å²) >= 11 is 0. The molecule has 0 bridgehead atoms. The Hall–Kier alpha value is -3.34. The lowest BCUT2D eigenvalue weighted by molar-refractivity contribution is 0.102. The maximum absolute atomic E-state index is 12.4. The number of aryl methyl sites for hydroxylation is 1. The Balaban J connectivity index is 1.81. The fourth-order valence-corrected chi connectivity index (χ4v) is 2.68. The molecule has 0 unspecified atom stereocenters. The number of nitrogens with one attached hydrogen (secondary N) is 1. The topological polar surface area (TPSA) is 60.5 Å². The van der Waals surface area contributed by atoms with Crippen molar-refractivity contribution in [3.05, 3.63) is 71.9 Å². The molecule has 0 fully saturated rings. The Morgan fingerprint density at radius 1 is 1.00 bits per heavy atom. The number of amides is 1. The molecular formula is C21H20N2O3. The zero-order valence-corrected chi connectivity index (χ0v) is 14.9. The van der Waals surface area contributed by atoms with Gasteiger partial charge in [-0.2, -0.15) is 0 Å². The number of pyridine rings is 1. The molecule has 0 saturated carbocycles. The number of carbonyl (C=O) groups is 1. The Kier molecular flexibility index (Phi) is 5.17. The van der Waals surface area contributed by atoms with E-state index in [0.717, 1.165) is 22.4 Å². The van der Waals surface area contributed by atoms with Gasteiger partial charge in [0, 0.05) is 29.0 Å². The van der Waals surface area contributed by atoms with Crippen molar-refractivity contribution < 1.29 is 14.3 Å². The maximum atomic E-state index is 12.4. The second-order valence-electron chi connectivity index (χ2n) is 5.77. The van der Waals surface area contributed by atoms with Crippen molar-refractivity contribution in [1.29, 1.82) is 0 Å². The van der Waals surface area contributed by atoms with E-state index in [1.807, 2.05) is 49.4 Å². The number of nitrogens with zero attached hydrogens (tertiary/aromatic N) is 1. The summed E-state index contributed by atoms with van der Waals surface area (Å²) in [6, 6.07) is 16.7. The minimum Gasteiger partial charge on any atom is -0.497 e. The molecule has 1 aromatic heterocycles. The van der Waals surface area contributed by atoms with Crippen LogP contribution < -0.4 is 14.8 Å². The lowest BCUT2D eigenvalue weighted by atomic mass is 10.1. The van der Waals surface area contributed by atoms with Crippen LogP contribution in [0.25, 0.3) is 11.1 Å². The predicted molar refractivity (Wildman–Crippen MR) is 102 cm³/mol. The van der Waals surface area contributed by atoms with Crippen molar-refractivity contribution in [2.75, 3.05) is 19.5 Å². The number of benzene rings is 2. The van der Waals surface area contributed by atoms with Crippen LogP contribution in [0.2, 0.25) is 0 Å². The number of anilines is 1. The Morgan fingerprint density at radius 3 is 2.46 bits per heavy atom. The zero-order chi connectivity index (χ0) is 18.5. The van der Waals surface area contributed by atoms with E-state index in [9.17, 15) is 4.79 Å². The van der Waals surface area contributed by atoms with Gasteiger partial charge in [0.2, 0.25) is 0 Å². The number of hydrogen-bond acceptors (Lipinski definition) is 4. The van der Waals surface area contributed by atoms with Gasteiger partial charge in [-0.15, -0.1) is 0 Å². The van der Waals surface area contributed by atoms with Crippen molar-refractivity contribution in [3.63, 3.8) is 0 Å². The summed E-state index contributed by atoms with van der Waals surface area (Å²) in [6.45, 7) is 1.90. The number of carbonyl (C=O) groups excluding carboxylic acids is 1. The second kappa shape index (κ2) is 7.70. The molecule has 5 heteroatoms. The highest BCUT2D eigenvalue weighted by molar-refractivity contribution is 6.04. The van der Waals surface area contributed by atoms with Gasteiger partial charge in [0.25, 0.3) is 5.91 Å². The summed E-state index contributed by atoms with van der Waals surface area (Å²) in [7, 11) is 3.23. The van der Waals surface area contributed by atoms with Crippen LogP contribution in [0, 0.1) is 6.92 Å². The van der Waals surface area contributed by atoms with Crippen LogP contribution in [0.4, 0.5) is 5.82 Å². The molecule has 1 amide bonds. The van der Waals surface area contributed by atoms with Gasteiger partial charge in [-0.25, -0.2) is 4.98 Å². The molecule has 0 aliphatic carbocycles. The van der Waals surface area contributed by atoms with Gasteiger partial charge in [0.15, 0.2) is 0 Å². The maximum Gasteiger partial charge on any atom is 0.257 e. The third-order valence-electron chi connectivity index (χ3n) is 4.11. The highest BCUT2D eigenvalue weighted by Gasteiger charge is 2.11. The van der Waals surface area contributed by atoms with Crippen molar-refractivity contribution in [3.8, 4) is 22.6 Å². The molecule has 132 valence electrons. The van der Waals surface area contributed by atoms with Crippen LogP contribution in [0.1, 0.15) is 15.9 Å². The summed E-state index contributed by atoms with van der Waals surface area (Å²) in [5.41, 5.74) is 3.34. The first-order valence-electron chi connectivity index (χ1n) is 8.18. The molecule has 0 atom stereocenters. The highest BCUT2D eigenvalue weighted by Crippen LogP contribution is 2.33. The molecule has 1 N–H and O–H groups in total. The first-order valence-corrected chi connectivity index (χ1v) is 8.18. The molecule has 26 heavy (non-hydrogen) atoms. The molecular weight excluding hydrogens is 328 g/mol. The van der Waals surface area contributed by atoms with Gasteiger partial charge in [-0.05, 0) is 42.8 Å². The summed E-state index contributed by atoms with van der Waals surface area (Å²) in [4.78, 5) is 16.7. The molecule has 0 radical (unpaired) electrons.